The molecule has 0 spiro atoms. The van der Waals surface area contributed by atoms with E-state index in [1.165, 1.54) is 0 Å². The Balaban J connectivity index is 0.00000288. The predicted octanol–water partition coefficient (Wildman–Crippen LogP) is 2.09. The molecule has 0 fully saturated rings. The Bertz CT molecular complexity index is 657. The van der Waals surface area contributed by atoms with Crippen LogP contribution in [0.5, 0.6) is 0 Å². The number of aliphatic imine (C=N–C) groups is 1. The molecule has 7 nitrogen and oxygen atoms in total. The molecule has 2 aromatic rings. The van der Waals surface area contributed by atoms with Crippen molar-refractivity contribution in [2.24, 2.45) is 12.0 Å². The summed E-state index contributed by atoms with van der Waals surface area (Å²) in [4.78, 5) is 13.1. The first-order valence-corrected chi connectivity index (χ1v) is 8.50. The average molecular weight is 463 g/mol. The van der Waals surface area contributed by atoms with Crippen molar-refractivity contribution in [2.75, 3.05) is 13.6 Å². The Morgan fingerprint density at radius 3 is 2.62 bits per heavy atom. The quantitative estimate of drug-likeness (QED) is 0.404. The number of thiazole rings is 1. The van der Waals surface area contributed by atoms with Crippen molar-refractivity contribution in [3.05, 3.63) is 28.2 Å². The van der Waals surface area contributed by atoms with Crippen LogP contribution in [-0.4, -0.2) is 39.3 Å². The number of hydrogen-bond donors (Lipinski definition) is 2. The van der Waals surface area contributed by atoms with Crippen molar-refractivity contribution in [1.29, 1.82) is 0 Å². The second kappa shape index (κ2) is 9.30. The van der Waals surface area contributed by atoms with E-state index in [0.29, 0.717) is 6.54 Å². The molecule has 0 saturated heterocycles. The number of nitrogens with one attached hydrogen (secondary N) is 2. The van der Waals surface area contributed by atoms with Crippen LogP contribution in [0.1, 0.15) is 37.3 Å². The minimum absolute atomic E-state index is 0. The molecule has 0 unspecified atom stereocenters. The van der Waals surface area contributed by atoms with Gasteiger partial charge in [-0.2, -0.15) is 5.10 Å². The van der Waals surface area contributed by atoms with Gasteiger partial charge in [-0.05, 0) is 0 Å². The highest BCUT2D eigenvalue weighted by Gasteiger charge is 2.17. The molecule has 0 aromatic carbocycles. The van der Waals surface area contributed by atoms with Crippen molar-refractivity contribution in [3.8, 4) is 0 Å². The molecule has 24 heavy (non-hydrogen) atoms. The lowest BCUT2D eigenvalue weighted by atomic mass is 9.93. The number of aryl methyl sites for hydroxylation is 1. The normalized spacial score (nSPS) is 12.0. The summed E-state index contributed by atoms with van der Waals surface area (Å²) in [6.45, 7) is 7.92. The third-order valence-electron chi connectivity index (χ3n) is 3.39. The number of aromatic nitrogens is 4. The zero-order valence-electron chi connectivity index (χ0n) is 14.8. The van der Waals surface area contributed by atoms with Crippen LogP contribution < -0.4 is 10.6 Å². The van der Waals surface area contributed by atoms with E-state index in [2.05, 4.69) is 51.9 Å². The lowest BCUT2D eigenvalue weighted by Gasteiger charge is -2.14. The minimum atomic E-state index is 0. The summed E-state index contributed by atoms with van der Waals surface area (Å²) in [7, 11) is 3.63. The number of halogens is 1. The Hall–Kier alpha value is -1.23. The molecule has 2 rings (SSSR count). The molecule has 0 aliphatic rings. The van der Waals surface area contributed by atoms with E-state index in [1.807, 2.05) is 7.05 Å². The maximum atomic E-state index is 4.70. The maximum absolute atomic E-state index is 4.70. The highest BCUT2D eigenvalue weighted by Crippen LogP contribution is 2.23. The number of rotatable bonds is 5. The van der Waals surface area contributed by atoms with Gasteiger partial charge in [-0.1, -0.05) is 20.8 Å². The Morgan fingerprint density at radius 1 is 1.33 bits per heavy atom. The van der Waals surface area contributed by atoms with Crippen LogP contribution in [0.25, 0.3) is 0 Å². The van der Waals surface area contributed by atoms with Gasteiger partial charge in [-0.25, -0.2) is 9.97 Å². The molecular formula is C15H26IN7S. The van der Waals surface area contributed by atoms with E-state index >= 15 is 0 Å². The van der Waals surface area contributed by atoms with Crippen molar-refractivity contribution in [1.82, 2.24) is 30.4 Å². The summed E-state index contributed by atoms with van der Waals surface area (Å²) >= 11 is 1.72. The molecule has 2 heterocycles. The van der Waals surface area contributed by atoms with Crippen LogP contribution in [0.3, 0.4) is 0 Å². The van der Waals surface area contributed by atoms with Crippen molar-refractivity contribution in [2.45, 2.75) is 39.2 Å². The van der Waals surface area contributed by atoms with Crippen LogP contribution in [-0.2, 0) is 25.4 Å². The van der Waals surface area contributed by atoms with Crippen molar-refractivity contribution >= 4 is 41.3 Å². The van der Waals surface area contributed by atoms with E-state index in [4.69, 9.17) is 4.98 Å². The molecule has 134 valence electrons. The number of hydrogen-bond acceptors (Lipinski definition) is 5. The summed E-state index contributed by atoms with van der Waals surface area (Å²) < 4.78 is 1.74. The Labute approximate surface area is 164 Å². The van der Waals surface area contributed by atoms with Crippen LogP contribution in [0.2, 0.25) is 0 Å². The largest absolute Gasteiger partial charge is 0.356 e. The highest BCUT2D eigenvalue weighted by molar-refractivity contribution is 14.0. The Morgan fingerprint density at radius 2 is 2.08 bits per heavy atom. The van der Waals surface area contributed by atoms with Crippen LogP contribution in [0.4, 0.5) is 0 Å². The van der Waals surface area contributed by atoms with E-state index < -0.39 is 0 Å². The van der Waals surface area contributed by atoms with Gasteiger partial charge in [-0.3, -0.25) is 9.67 Å². The monoisotopic (exact) mass is 463 g/mol. The summed E-state index contributed by atoms with van der Waals surface area (Å²) in [6, 6.07) is 0. The fraction of sp³-hybridized carbons (Fsp3) is 0.600. The molecule has 9 heteroatoms. The molecule has 0 aliphatic heterocycles. The van der Waals surface area contributed by atoms with E-state index in [-0.39, 0.29) is 29.4 Å². The number of nitrogens with zero attached hydrogens (tertiary/aromatic N) is 5. The predicted molar refractivity (Wildman–Crippen MR) is 109 cm³/mol. The molecule has 0 atom stereocenters. The molecule has 2 N–H and O–H groups in total. The summed E-state index contributed by atoms with van der Waals surface area (Å²) in [5, 5.41) is 13.9. The average Bonchev–Trinajstić information content (AvgIpc) is 3.11. The lowest BCUT2D eigenvalue weighted by Crippen LogP contribution is -2.38. The minimum Gasteiger partial charge on any atom is -0.356 e. The molecule has 0 bridgehead atoms. The zero-order valence-corrected chi connectivity index (χ0v) is 18.0. The first-order chi connectivity index (χ1) is 10.9. The van der Waals surface area contributed by atoms with Gasteiger partial charge in [0, 0.05) is 37.9 Å². The smallest absolute Gasteiger partial charge is 0.191 e. The Kier molecular flexibility index (Phi) is 8.07. The van der Waals surface area contributed by atoms with E-state index in [0.717, 1.165) is 35.5 Å². The van der Waals surface area contributed by atoms with Crippen molar-refractivity contribution in [3.63, 3.8) is 0 Å². The van der Waals surface area contributed by atoms with Crippen LogP contribution in [0, 0.1) is 0 Å². The molecule has 0 saturated carbocycles. The van der Waals surface area contributed by atoms with Gasteiger partial charge in [0.05, 0.1) is 17.2 Å². The molecule has 2 aromatic heterocycles. The standard InChI is InChI=1S/C15H25N7S.HI/c1-15(2,3)11-9-23-13(21-11)6-7-17-14(16-4)18-8-12-19-10-20-22(12)5;/h9-10H,6-8H2,1-5H3,(H2,16,17,18);1H. The molecule has 0 radical (unpaired) electrons. The maximum Gasteiger partial charge on any atom is 0.191 e. The van der Waals surface area contributed by atoms with E-state index in [9.17, 15) is 0 Å². The van der Waals surface area contributed by atoms with Crippen molar-refractivity contribution < 1.29 is 0 Å². The van der Waals surface area contributed by atoms with Gasteiger partial charge in [0.25, 0.3) is 0 Å². The molecule has 0 aliphatic carbocycles. The molecule has 0 amide bonds. The van der Waals surface area contributed by atoms with Gasteiger partial charge >= 0.3 is 0 Å². The SMILES string of the molecule is CN=C(NCCc1nc(C(C)(C)C)cs1)NCc1ncnn1C.I. The van der Waals surface area contributed by atoms with Gasteiger partial charge in [0.15, 0.2) is 5.96 Å². The third kappa shape index (κ3) is 6.00. The lowest BCUT2D eigenvalue weighted by molar-refractivity contribution is 0.570. The summed E-state index contributed by atoms with van der Waals surface area (Å²) in [5.74, 6) is 1.61. The fourth-order valence-electron chi connectivity index (χ4n) is 1.92. The second-order valence-electron chi connectivity index (χ2n) is 6.28. The summed E-state index contributed by atoms with van der Waals surface area (Å²) in [5.41, 5.74) is 1.26. The van der Waals surface area contributed by atoms with Gasteiger partial charge in [0.1, 0.15) is 12.2 Å². The van der Waals surface area contributed by atoms with Crippen LogP contribution >= 0.6 is 35.3 Å². The topological polar surface area (TPSA) is 80.0 Å². The third-order valence-corrected chi connectivity index (χ3v) is 4.30. The summed E-state index contributed by atoms with van der Waals surface area (Å²) in [6.07, 6.45) is 2.42. The zero-order chi connectivity index (χ0) is 16.9. The fourth-order valence-corrected chi connectivity index (χ4v) is 2.95. The van der Waals surface area contributed by atoms with Gasteiger partial charge < -0.3 is 10.6 Å². The highest BCUT2D eigenvalue weighted by atomic mass is 127. The number of guanidine groups is 1. The van der Waals surface area contributed by atoms with Gasteiger partial charge in [-0.15, -0.1) is 35.3 Å². The second-order valence-corrected chi connectivity index (χ2v) is 7.22. The molecular weight excluding hydrogens is 437 g/mol. The first-order valence-electron chi connectivity index (χ1n) is 7.62. The van der Waals surface area contributed by atoms with Crippen LogP contribution in [0.15, 0.2) is 16.7 Å². The van der Waals surface area contributed by atoms with Gasteiger partial charge in [0.2, 0.25) is 0 Å². The van der Waals surface area contributed by atoms with E-state index in [1.54, 1.807) is 29.4 Å². The first kappa shape index (κ1) is 20.8.